The van der Waals surface area contributed by atoms with Gasteiger partial charge in [-0.25, -0.2) is 4.39 Å². The second-order valence-corrected chi connectivity index (χ2v) is 8.16. The highest BCUT2D eigenvalue weighted by Crippen LogP contribution is 2.22. The first-order chi connectivity index (χ1) is 13.5. The molecule has 1 heterocycles. The molecule has 0 unspecified atom stereocenters. The number of hydrogen-bond acceptors (Lipinski definition) is 2. The Kier molecular flexibility index (Phi) is 7.46. The number of halogens is 2. The van der Waals surface area contributed by atoms with Crippen LogP contribution in [0.4, 0.5) is 4.39 Å². The van der Waals surface area contributed by atoms with Crippen LogP contribution >= 0.6 is 11.6 Å². The predicted molar refractivity (Wildman–Crippen MR) is 112 cm³/mol. The van der Waals surface area contributed by atoms with Gasteiger partial charge in [0.2, 0.25) is 5.91 Å². The van der Waals surface area contributed by atoms with Gasteiger partial charge < -0.3 is 5.32 Å². The molecule has 1 aliphatic rings. The van der Waals surface area contributed by atoms with Gasteiger partial charge >= 0.3 is 0 Å². The van der Waals surface area contributed by atoms with E-state index in [2.05, 4.69) is 29.3 Å². The van der Waals surface area contributed by atoms with E-state index in [1.807, 2.05) is 18.2 Å². The van der Waals surface area contributed by atoms with Gasteiger partial charge in [0.1, 0.15) is 5.82 Å². The van der Waals surface area contributed by atoms with Crippen molar-refractivity contribution in [1.29, 1.82) is 0 Å². The summed E-state index contributed by atoms with van der Waals surface area (Å²) >= 11 is 5.81. The van der Waals surface area contributed by atoms with E-state index in [1.54, 1.807) is 12.1 Å². The Hall–Kier alpha value is -1.91. The Labute approximate surface area is 171 Å². The molecule has 0 bridgehead atoms. The smallest absolute Gasteiger partial charge is 0.223 e. The zero-order chi connectivity index (χ0) is 19.9. The SMILES string of the molecule is C[C@H](CCc1ccccc1)NC(=O)C1CCN(Cc2ccc(Cl)cc2F)CC1. The summed E-state index contributed by atoms with van der Waals surface area (Å²) in [6.45, 7) is 4.24. The molecule has 1 atom stereocenters. The van der Waals surface area contributed by atoms with Crippen molar-refractivity contribution in [2.45, 2.75) is 45.2 Å². The Morgan fingerprint density at radius 1 is 1.21 bits per heavy atom. The highest BCUT2D eigenvalue weighted by molar-refractivity contribution is 6.30. The Morgan fingerprint density at radius 2 is 1.93 bits per heavy atom. The maximum absolute atomic E-state index is 14.0. The quantitative estimate of drug-likeness (QED) is 0.719. The summed E-state index contributed by atoms with van der Waals surface area (Å²) in [6.07, 6.45) is 3.52. The second-order valence-electron chi connectivity index (χ2n) is 7.72. The van der Waals surface area contributed by atoms with Gasteiger partial charge in [-0.15, -0.1) is 0 Å². The average Bonchev–Trinajstić information content (AvgIpc) is 2.70. The number of carbonyl (C=O) groups is 1. The van der Waals surface area contributed by atoms with Crippen LogP contribution in [0.25, 0.3) is 0 Å². The maximum Gasteiger partial charge on any atom is 0.223 e. The van der Waals surface area contributed by atoms with Gasteiger partial charge in [0.25, 0.3) is 0 Å². The number of nitrogens with zero attached hydrogens (tertiary/aromatic N) is 1. The Morgan fingerprint density at radius 3 is 2.61 bits per heavy atom. The minimum atomic E-state index is -0.264. The number of benzene rings is 2. The van der Waals surface area contributed by atoms with Crippen molar-refractivity contribution in [2.75, 3.05) is 13.1 Å². The molecule has 2 aromatic carbocycles. The molecule has 1 aliphatic heterocycles. The van der Waals surface area contributed by atoms with Gasteiger partial charge in [-0.1, -0.05) is 48.0 Å². The summed E-state index contributed by atoms with van der Waals surface area (Å²) in [7, 11) is 0. The second kappa shape index (κ2) is 10.0. The predicted octanol–water partition coefficient (Wildman–Crippen LogP) is 4.83. The van der Waals surface area contributed by atoms with E-state index >= 15 is 0 Å². The van der Waals surface area contributed by atoms with E-state index in [1.165, 1.54) is 11.6 Å². The summed E-state index contributed by atoms with van der Waals surface area (Å²) in [5.74, 6) is -0.0667. The Balaban J connectivity index is 1.40. The number of rotatable bonds is 7. The van der Waals surface area contributed by atoms with Crippen molar-refractivity contribution < 1.29 is 9.18 Å². The lowest BCUT2D eigenvalue weighted by atomic mass is 9.95. The van der Waals surface area contributed by atoms with E-state index in [9.17, 15) is 9.18 Å². The molecule has 1 N–H and O–H groups in total. The fraction of sp³-hybridized carbons (Fsp3) is 0.435. The molecular formula is C23H28ClFN2O. The van der Waals surface area contributed by atoms with Crippen LogP contribution in [-0.2, 0) is 17.8 Å². The summed E-state index contributed by atoms with van der Waals surface area (Å²) in [6, 6.07) is 15.3. The van der Waals surface area contributed by atoms with Crippen LogP contribution in [0.2, 0.25) is 5.02 Å². The van der Waals surface area contributed by atoms with Crippen molar-refractivity contribution in [3.8, 4) is 0 Å². The van der Waals surface area contributed by atoms with Gasteiger partial charge in [0, 0.05) is 29.1 Å². The number of piperidine rings is 1. The number of nitrogens with one attached hydrogen (secondary N) is 1. The van der Waals surface area contributed by atoms with Crippen LogP contribution in [0.1, 0.15) is 37.3 Å². The average molecular weight is 403 g/mol. The fourth-order valence-corrected chi connectivity index (χ4v) is 3.86. The molecule has 1 fully saturated rings. The summed E-state index contributed by atoms with van der Waals surface area (Å²) in [5, 5.41) is 3.58. The summed E-state index contributed by atoms with van der Waals surface area (Å²) < 4.78 is 14.0. The number of aryl methyl sites for hydroxylation is 1. The molecule has 0 spiro atoms. The molecule has 3 nitrogen and oxygen atoms in total. The van der Waals surface area contributed by atoms with Crippen LogP contribution in [0.5, 0.6) is 0 Å². The molecule has 1 saturated heterocycles. The lowest BCUT2D eigenvalue weighted by Crippen LogP contribution is -2.43. The van der Waals surface area contributed by atoms with E-state index in [0.29, 0.717) is 17.1 Å². The third-order valence-electron chi connectivity index (χ3n) is 5.46. The zero-order valence-corrected chi connectivity index (χ0v) is 17.1. The molecule has 0 aliphatic carbocycles. The molecule has 0 radical (unpaired) electrons. The lowest BCUT2D eigenvalue weighted by Gasteiger charge is -2.32. The minimum Gasteiger partial charge on any atom is -0.353 e. The summed E-state index contributed by atoms with van der Waals surface area (Å²) in [5.41, 5.74) is 1.95. The van der Waals surface area contributed by atoms with Crippen LogP contribution in [0, 0.1) is 11.7 Å². The molecule has 28 heavy (non-hydrogen) atoms. The largest absolute Gasteiger partial charge is 0.353 e. The van der Waals surface area contributed by atoms with E-state index in [-0.39, 0.29) is 23.7 Å². The molecule has 3 rings (SSSR count). The van der Waals surface area contributed by atoms with Gasteiger partial charge in [-0.2, -0.15) is 0 Å². The van der Waals surface area contributed by atoms with E-state index in [0.717, 1.165) is 38.8 Å². The monoisotopic (exact) mass is 402 g/mol. The first kappa shape index (κ1) is 20.8. The molecule has 1 amide bonds. The molecular weight excluding hydrogens is 375 g/mol. The molecule has 0 saturated carbocycles. The van der Waals surface area contributed by atoms with E-state index in [4.69, 9.17) is 11.6 Å². The topological polar surface area (TPSA) is 32.3 Å². The number of amides is 1. The third kappa shape index (κ3) is 6.05. The van der Waals surface area contributed by atoms with Gasteiger partial charge in [0.15, 0.2) is 0 Å². The van der Waals surface area contributed by atoms with Crippen molar-refractivity contribution in [1.82, 2.24) is 10.2 Å². The van der Waals surface area contributed by atoms with Crippen LogP contribution in [-0.4, -0.2) is 29.9 Å². The first-order valence-electron chi connectivity index (χ1n) is 10.0. The number of hydrogen-bond donors (Lipinski definition) is 1. The van der Waals surface area contributed by atoms with Gasteiger partial charge in [0.05, 0.1) is 0 Å². The minimum absolute atomic E-state index is 0.0468. The molecule has 150 valence electrons. The lowest BCUT2D eigenvalue weighted by molar-refractivity contribution is -0.127. The highest BCUT2D eigenvalue weighted by Gasteiger charge is 2.26. The standard InChI is InChI=1S/C23H28ClFN2O/c1-17(7-8-18-5-3-2-4-6-18)26-23(28)19-11-13-27(14-12-19)16-20-9-10-21(24)15-22(20)25/h2-6,9-10,15,17,19H,7-8,11-14,16H2,1H3,(H,26,28)/t17-/m1/s1. The normalized spacial score (nSPS) is 16.7. The van der Waals surface area contributed by atoms with Gasteiger partial charge in [-0.05, 0) is 63.4 Å². The van der Waals surface area contributed by atoms with E-state index < -0.39 is 0 Å². The molecule has 0 aromatic heterocycles. The Bertz CT molecular complexity index is 775. The van der Waals surface area contributed by atoms with Crippen LogP contribution < -0.4 is 5.32 Å². The molecule has 5 heteroatoms. The van der Waals surface area contributed by atoms with Crippen molar-refractivity contribution in [3.05, 3.63) is 70.5 Å². The summed E-state index contributed by atoms with van der Waals surface area (Å²) in [4.78, 5) is 14.8. The van der Waals surface area contributed by atoms with Crippen molar-refractivity contribution >= 4 is 17.5 Å². The first-order valence-corrected chi connectivity index (χ1v) is 10.4. The van der Waals surface area contributed by atoms with Crippen molar-refractivity contribution in [2.24, 2.45) is 5.92 Å². The zero-order valence-electron chi connectivity index (χ0n) is 16.3. The van der Waals surface area contributed by atoms with Crippen LogP contribution in [0.3, 0.4) is 0 Å². The fourth-order valence-electron chi connectivity index (χ4n) is 3.70. The van der Waals surface area contributed by atoms with Gasteiger partial charge in [-0.3, -0.25) is 9.69 Å². The van der Waals surface area contributed by atoms with Crippen LogP contribution in [0.15, 0.2) is 48.5 Å². The maximum atomic E-state index is 14.0. The highest BCUT2D eigenvalue weighted by atomic mass is 35.5. The van der Waals surface area contributed by atoms with Crippen molar-refractivity contribution in [3.63, 3.8) is 0 Å². The third-order valence-corrected chi connectivity index (χ3v) is 5.70. The number of likely N-dealkylation sites (tertiary alicyclic amines) is 1. The number of carbonyl (C=O) groups excluding carboxylic acids is 1. The molecule has 2 aromatic rings.